The maximum atomic E-state index is 12.2. The van der Waals surface area contributed by atoms with Gasteiger partial charge in [0.15, 0.2) is 6.61 Å². The number of anilines is 1. The van der Waals surface area contributed by atoms with Crippen molar-refractivity contribution < 1.29 is 9.53 Å². The zero-order valence-electron chi connectivity index (χ0n) is 15.1. The van der Waals surface area contributed by atoms with Crippen LogP contribution in [0.5, 0.6) is 5.75 Å². The van der Waals surface area contributed by atoms with Crippen LogP contribution in [0.4, 0.5) is 5.69 Å². The molecule has 0 aliphatic rings. The Balaban J connectivity index is 1.50. The van der Waals surface area contributed by atoms with Crippen molar-refractivity contribution in [2.24, 2.45) is 0 Å². The predicted molar refractivity (Wildman–Crippen MR) is 124 cm³/mol. The Morgan fingerprint density at radius 2 is 1.64 bits per heavy atom. The summed E-state index contributed by atoms with van der Waals surface area (Å²) < 4.78 is 7.94. The predicted octanol–water partition coefficient (Wildman–Crippen LogP) is 5.36. The molecule has 2 N–H and O–H groups in total. The number of amides is 1. The standard InChI is InChI=1S/C22H20BrIN2O2/c23-18-7-5-16(6-8-18)13-25-14-17-3-1-2-4-21(17)28-15-22(27)26-20-11-9-19(24)10-12-20/h1-12,25H,13-15H2,(H,26,27). The van der Waals surface area contributed by atoms with Gasteiger partial charge in [0.25, 0.3) is 5.91 Å². The SMILES string of the molecule is O=C(COc1ccccc1CNCc1ccc(Br)cc1)Nc1ccc(I)cc1. The number of hydrogen-bond acceptors (Lipinski definition) is 3. The van der Waals surface area contributed by atoms with E-state index in [2.05, 4.69) is 61.3 Å². The van der Waals surface area contributed by atoms with Crippen LogP contribution in [0, 0.1) is 3.57 Å². The van der Waals surface area contributed by atoms with Crippen LogP contribution in [0.1, 0.15) is 11.1 Å². The van der Waals surface area contributed by atoms with Crippen LogP contribution in [-0.2, 0) is 17.9 Å². The molecular weight excluding hydrogens is 531 g/mol. The first-order valence-corrected chi connectivity index (χ1v) is 10.7. The minimum absolute atomic E-state index is 0.0320. The minimum atomic E-state index is -0.182. The summed E-state index contributed by atoms with van der Waals surface area (Å²) in [6, 6.07) is 23.6. The Kier molecular flexibility index (Phi) is 7.88. The van der Waals surface area contributed by atoms with E-state index in [1.54, 1.807) is 0 Å². The lowest BCUT2D eigenvalue weighted by atomic mass is 10.2. The van der Waals surface area contributed by atoms with Gasteiger partial charge in [-0.15, -0.1) is 0 Å². The molecule has 3 aromatic rings. The number of carbonyl (C=O) groups is 1. The van der Waals surface area contributed by atoms with Gasteiger partial charge in [0.1, 0.15) is 5.75 Å². The highest BCUT2D eigenvalue weighted by Gasteiger charge is 2.07. The van der Waals surface area contributed by atoms with Crippen molar-refractivity contribution in [3.8, 4) is 5.75 Å². The van der Waals surface area contributed by atoms with Crippen molar-refractivity contribution >= 4 is 50.1 Å². The molecule has 0 radical (unpaired) electrons. The molecule has 4 nitrogen and oxygen atoms in total. The molecular formula is C22H20BrIN2O2. The molecule has 0 saturated heterocycles. The monoisotopic (exact) mass is 550 g/mol. The number of ether oxygens (including phenoxy) is 1. The molecule has 0 spiro atoms. The highest BCUT2D eigenvalue weighted by Crippen LogP contribution is 2.18. The van der Waals surface area contributed by atoms with Crippen molar-refractivity contribution in [3.63, 3.8) is 0 Å². The van der Waals surface area contributed by atoms with Gasteiger partial charge in [-0.25, -0.2) is 0 Å². The van der Waals surface area contributed by atoms with Gasteiger partial charge < -0.3 is 15.4 Å². The van der Waals surface area contributed by atoms with E-state index in [0.717, 1.165) is 25.8 Å². The van der Waals surface area contributed by atoms with Gasteiger partial charge >= 0.3 is 0 Å². The molecule has 0 aliphatic heterocycles. The van der Waals surface area contributed by atoms with Crippen molar-refractivity contribution in [2.75, 3.05) is 11.9 Å². The molecule has 28 heavy (non-hydrogen) atoms. The number of halogens is 2. The first-order valence-electron chi connectivity index (χ1n) is 8.81. The Bertz CT molecular complexity index is 915. The van der Waals surface area contributed by atoms with Crippen LogP contribution < -0.4 is 15.4 Å². The maximum absolute atomic E-state index is 12.2. The van der Waals surface area contributed by atoms with Crippen LogP contribution >= 0.6 is 38.5 Å². The van der Waals surface area contributed by atoms with Gasteiger partial charge in [0, 0.05) is 32.4 Å². The molecule has 3 rings (SSSR count). The van der Waals surface area contributed by atoms with Crippen molar-refractivity contribution in [1.29, 1.82) is 0 Å². The summed E-state index contributed by atoms with van der Waals surface area (Å²) >= 11 is 5.67. The van der Waals surface area contributed by atoms with E-state index in [-0.39, 0.29) is 12.5 Å². The number of rotatable bonds is 8. The average Bonchev–Trinajstić information content (AvgIpc) is 2.70. The van der Waals surface area contributed by atoms with E-state index in [9.17, 15) is 4.79 Å². The molecule has 3 aromatic carbocycles. The van der Waals surface area contributed by atoms with E-state index >= 15 is 0 Å². The molecule has 0 bridgehead atoms. The number of carbonyl (C=O) groups excluding carboxylic acids is 1. The fourth-order valence-corrected chi connectivity index (χ4v) is 3.23. The summed E-state index contributed by atoms with van der Waals surface area (Å²) in [5.74, 6) is 0.530. The zero-order valence-corrected chi connectivity index (χ0v) is 18.9. The second-order valence-corrected chi connectivity index (χ2v) is 8.34. The van der Waals surface area contributed by atoms with Gasteiger partial charge in [0.05, 0.1) is 0 Å². The topological polar surface area (TPSA) is 50.4 Å². The number of hydrogen-bond donors (Lipinski definition) is 2. The Labute approximate surface area is 187 Å². The summed E-state index contributed by atoms with van der Waals surface area (Å²) in [6.07, 6.45) is 0. The molecule has 6 heteroatoms. The Hall–Kier alpha value is -1.90. The third kappa shape index (κ3) is 6.61. The van der Waals surface area contributed by atoms with Gasteiger partial charge in [-0.3, -0.25) is 4.79 Å². The molecule has 0 unspecified atom stereocenters. The zero-order chi connectivity index (χ0) is 19.8. The molecule has 0 saturated carbocycles. The summed E-state index contributed by atoms with van der Waals surface area (Å²) in [7, 11) is 0. The number of nitrogens with one attached hydrogen (secondary N) is 2. The lowest BCUT2D eigenvalue weighted by molar-refractivity contribution is -0.118. The molecule has 0 heterocycles. The van der Waals surface area contributed by atoms with E-state index in [0.29, 0.717) is 12.3 Å². The first-order chi connectivity index (χ1) is 13.6. The van der Waals surface area contributed by atoms with Gasteiger partial charge in [0.2, 0.25) is 0 Å². The highest BCUT2D eigenvalue weighted by molar-refractivity contribution is 14.1. The average molecular weight is 551 g/mol. The Morgan fingerprint density at radius 3 is 2.39 bits per heavy atom. The van der Waals surface area contributed by atoms with E-state index in [1.165, 1.54) is 5.56 Å². The number of para-hydroxylation sites is 1. The van der Waals surface area contributed by atoms with E-state index in [4.69, 9.17) is 4.74 Å². The van der Waals surface area contributed by atoms with Crippen LogP contribution in [0.2, 0.25) is 0 Å². The summed E-state index contributed by atoms with van der Waals surface area (Å²) in [6.45, 7) is 1.38. The minimum Gasteiger partial charge on any atom is -0.483 e. The first kappa shape index (κ1) is 20.8. The fraction of sp³-hybridized carbons (Fsp3) is 0.136. The second kappa shape index (κ2) is 10.6. The van der Waals surface area contributed by atoms with Crippen molar-refractivity contribution in [2.45, 2.75) is 13.1 Å². The largest absolute Gasteiger partial charge is 0.483 e. The molecule has 0 aromatic heterocycles. The van der Waals surface area contributed by atoms with Crippen molar-refractivity contribution in [3.05, 3.63) is 92.0 Å². The van der Waals surface area contributed by atoms with E-state index < -0.39 is 0 Å². The van der Waals surface area contributed by atoms with E-state index in [1.807, 2.05) is 60.7 Å². The van der Waals surface area contributed by atoms with Gasteiger partial charge in [-0.05, 0) is 70.6 Å². The summed E-state index contributed by atoms with van der Waals surface area (Å²) in [5.41, 5.74) is 2.98. The highest BCUT2D eigenvalue weighted by atomic mass is 127. The molecule has 0 fully saturated rings. The normalized spacial score (nSPS) is 10.5. The number of benzene rings is 3. The third-order valence-corrected chi connectivity index (χ3v) is 5.27. The third-order valence-electron chi connectivity index (χ3n) is 4.02. The van der Waals surface area contributed by atoms with Crippen molar-refractivity contribution in [1.82, 2.24) is 5.32 Å². The quantitative estimate of drug-likeness (QED) is 0.371. The summed E-state index contributed by atoms with van der Waals surface area (Å²) in [4.78, 5) is 12.2. The molecule has 0 aliphatic carbocycles. The van der Waals surface area contributed by atoms with Crippen LogP contribution in [0.3, 0.4) is 0 Å². The lowest BCUT2D eigenvalue weighted by Crippen LogP contribution is -2.21. The van der Waals surface area contributed by atoms with Gasteiger partial charge in [-0.1, -0.05) is 46.3 Å². The summed E-state index contributed by atoms with van der Waals surface area (Å²) in [5, 5.41) is 6.26. The van der Waals surface area contributed by atoms with Gasteiger partial charge in [-0.2, -0.15) is 0 Å². The molecule has 144 valence electrons. The molecule has 1 amide bonds. The smallest absolute Gasteiger partial charge is 0.262 e. The molecule has 0 atom stereocenters. The fourth-order valence-electron chi connectivity index (χ4n) is 2.61. The second-order valence-electron chi connectivity index (χ2n) is 6.18. The Morgan fingerprint density at radius 1 is 0.929 bits per heavy atom. The maximum Gasteiger partial charge on any atom is 0.262 e. The van der Waals surface area contributed by atoms with Crippen LogP contribution in [0.25, 0.3) is 0 Å². The van der Waals surface area contributed by atoms with Crippen LogP contribution in [0.15, 0.2) is 77.3 Å². The lowest BCUT2D eigenvalue weighted by Gasteiger charge is -2.12. The van der Waals surface area contributed by atoms with Crippen LogP contribution in [-0.4, -0.2) is 12.5 Å².